The standard InChI is InChI=1S/CCl3FSe/c2-1(3,5)6-4. The third-order valence-corrected chi connectivity index (χ3v) is 3.18. The van der Waals surface area contributed by atoms with Gasteiger partial charge >= 0.3 is 55.2 Å². The summed E-state index contributed by atoms with van der Waals surface area (Å²) in [5.41, 5.74) is 0. The van der Waals surface area contributed by atoms with Crippen LogP contribution in [0.2, 0.25) is 0 Å². The Morgan fingerprint density at radius 2 is 1.67 bits per heavy atom. The van der Waals surface area contributed by atoms with Crippen LogP contribution in [0.4, 0.5) is 4.39 Å². The van der Waals surface area contributed by atoms with Crippen LogP contribution in [0.3, 0.4) is 0 Å². The maximum atomic E-state index is 11.5. The van der Waals surface area contributed by atoms with Gasteiger partial charge in [0.25, 0.3) is 0 Å². The number of hydrogen-bond donors (Lipinski definition) is 0. The molecule has 0 aliphatic heterocycles. The van der Waals surface area contributed by atoms with Gasteiger partial charge in [0.1, 0.15) is 0 Å². The average Bonchev–Trinajstić information content (AvgIpc) is 1.35. The van der Waals surface area contributed by atoms with E-state index in [1.165, 1.54) is 0 Å². The van der Waals surface area contributed by atoms with Gasteiger partial charge in [-0.3, -0.25) is 0 Å². The zero-order chi connectivity index (χ0) is 5.21. The van der Waals surface area contributed by atoms with E-state index in [1.807, 2.05) is 0 Å². The Morgan fingerprint density at radius 1 is 1.50 bits per heavy atom. The van der Waals surface area contributed by atoms with Crippen LogP contribution in [0.1, 0.15) is 0 Å². The summed E-state index contributed by atoms with van der Waals surface area (Å²) in [5.74, 6) is 0. The number of halogens is 4. The molecule has 0 bridgehead atoms. The van der Waals surface area contributed by atoms with Crippen molar-refractivity contribution in [3.05, 3.63) is 0 Å². The van der Waals surface area contributed by atoms with Crippen molar-refractivity contribution in [2.45, 2.75) is 3.49 Å². The number of hydrogen-bond acceptors (Lipinski definition) is 0. The molecular weight excluding hydrogens is 216 g/mol. The van der Waals surface area contributed by atoms with Crippen LogP contribution in [-0.2, 0) is 0 Å². The Labute approximate surface area is 55.3 Å². The summed E-state index contributed by atoms with van der Waals surface area (Å²) in [6.07, 6.45) is 0. The molecule has 0 spiro atoms. The predicted octanol–water partition coefficient (Wildman–Crippen LogP) is 1.90. The van der Waals surface area contributed by atoms with Crippen molar-refractivity contribution in [3.63, 3.8) is 0 Å². The molecule has 0 radical (unpaired) electrons. The monoisotopic (exact) mass is 216 g/mol. The summed E-state index contributed by atoms with van der Waals surface area (Å²) in [6, 6.07) is 0. The second kappa shape index (κ2) is 2.58. The zero-order valence-electron chi connectivity index (χ0n) is 2.42. The van der Waals surface area contributed by atoms with Crippen LogP contribution in [0.25, 0.3) is 0 Å². The third kappa shape index (κ3) is 5.32. The van der Waals surface area contributed by atoms with E-state index in [-0.39, 0.29) is 0 Å². The molecule has 0 atom stereocenters. The van der Waals surface area contributed by atoms with E-state index < -0.39 is 17.5 Å². The summed E-state index contributed by atoms with van der Waals surface area (Å²) in [5, 5.41) is 0. The van der Waals surface area contributed by atoms with Crippen LogP contribution in [0.15, 0.2) is 0 Å². The van der Waals surface area contributed by atoms with Crippen LogP contribution in [0.5, 0.6) is 0 Å². The molecule has 0 amide bonds. The third-order valence-electron chi connectivity index (χ3n) is 0.0875. The second-order valence-corrected chi connectivity index (χ2v) is 5.08. The van der Waals surface area contributed by atoms with E-state index in [4.69, 9.17) is 33.3 Å². The van der Waals surface area contributed by atoms with Gasteiger partial charge in [0.05, 0.1) is 0 Å². The molecule has 6 heavy (non-hydrogen) atoms. The summed E-state index contributed by atoms with van der Waals surface area (Å²) < 4.78 is 9.36. The van der Waals surface area contributed by atoms with Crippen LogP contribution in [0, 0.1) is 0 Å². The molecule has 0 aromatic rings. The molecule has 0 fully saturated rings. The van der Waals surface area contributed by atoms with Gasteiger partial charge in [0.2, 0.25) is 0 Å². The Kier molecular flexibility index (Phi) is 3.15. The molecule has 0 aromatic heterocycles. The Hall–Kier alpha value is 1.32. The second-order valence-electron chi connectivity index (χ2n) is 0.523. The van der Waals surface area contributed by atoms with E-state index in [0.717, 1.165) is 0 Å². The SMILES string of the molecule is FC(Cl)(Cl)[Se]Cl. The summed E-state index contributed by atoms with van der Waals surface area (Å²) >= 11 is 8.57. The molecule has 0 N–H and O–H groups in total. The van der Waals surface area contributed by atoms with Crippen molar-refractivity contribution in [3.8, 4) is 0 Å². The van der Waals surface area contributed by atoms with Crippen molar-refractivity contribution < 1.29 is 4.39 Å². The number of rotatable bonds is 1. The predicted molar refractivity (Wildman–Crippen MR) is 27.2 cm³/mol. The molecule has 5 heteroatoms. The van der Waals surface area contributed by atoms with Crippen LogP contribution in [-0.4, -0.2) is 17.5 Å². The van der Waals surface area contributed by atoms with Gasteiger partial charge < -0.3 is 0 Å². The van der Waals surface area contributed by atoms with Crippen molar-refractivity contribution in [1.82, 2.24) is 0 Å². The maximum absolute atomic E-state index is 11.5. The first-order valence-electron chi connectivity index (χ1n) is 0.925. The Balaban J connectivity index is 3.17. The zero-order valence-corrected chi connectivity index (χ0v) is 6.40. The van der Waals surface area contributed by atoms with Gasteiger partial charge in [-0.25, -0.2) is 0 Å². The van der Waals surface area contributed by atoms with Crippen LogP contribution < -0.4 is 0 Å². The van der Waals surface area contributed by atoms with E-state index in [1.54, 1.807) is 0 Å². The van der Waals surface area contributed by atoms with Gasteiger partial charge in [0.15, 0.2) is 0 Å². The van der Waals surface area contributed by atoms with Crippen molar-refractivity contribution in [1.29, 1.82) is 0 Å². The van der Waals surface area contributed by atoms with E-state index >= 15 is 0 Å². The molecule has 0 heterocycles. The molecule has 0 saturated carbocycles. The van der Waals surface area contributed by atoms with Gasteiger partial charge in [0, 0.05) is 0 Å². The quantitative estimate of drug-likeness (QED) is 0.464. The molecule has 0 aromatic carbocycles. The van der Waals surface area contributed by atoms with Gasteiger partial charge in [-0.2, -0.15) is 0 Å². The van der Waals surface area contributed by atoms with E-state index in [2.05, 4.69) is 0 Å². The fourth-order valence-electron chi connectivity index (χ4n) is 0. The summed E-state index contributed by atoms with van der Waals surface area (Å²) in [4.78, 5) is 0. The summed E-state index contributed by atoms with van der Waals surface area (Å²) in [6.45, 7) is 0. The average molecular weight is 216 g/mol. The van der Waals surface area contributed by atoms with Crippen molar-refractivity contribution in [2.75, 3.05) is 0 Å². The molecule has 0 rings (SSSR count). The van der Waals surface area contributed by atoms with Gasteiger partial charge in [-0.15, -0.1) is 0 Å². The molecule has 0 aliphatic carbocycles. The minimum absolute atomic E-state index is 0.851. The fourth-order valence-corrected chi connectivity index (χ4v) is 0. The molecule has 0 unspecified atom stereocenters. The molecular formula is CCl3FSe. The van der Waals surface area contributed by atoms with Crippen molar-refractivity contribution >= 4 is 47.3 Å². The van der Waals surface area contributed by atoms with Gasteiger partial charge in [-0.05, 0) is 0 Å². The molecule has 0 nitrogen and oxygen atoms in total. The fraction of sp³-hybridized carbons (Fsp3) is 1.00. The van der Waals surface area contributed by atoms with E-state index in [0.29, 0.717) is 0 Å². The van der Waals surface area contributed by atoms with E-state index in [9.17, 15) is 4.39 Å². The topological polar surface area (TPSA) is 0 Å². The minimum atomic E-state index is -2.19. The van der Waals surface area contributed by atoms with Crippen molar-refractivity contribution in [2.24, 2.45) is 0 Å². The summed E-state index contributed by atoms with van der Waals surface area (Å²) in [7, 11) is 4.90. The molecule has 0 aliphatic rings. The Bertz CT molecular complexity index is 40.5. The normalized spacial score (nSPS) is 12.0. The number of alkyl halides is 3. The van der Waals surface area contributed by atoms with Gasteiger partial charge in [-0.1, -0.05) is 0 Å². The van der Waals surface area contributed by atoms with Crippen LogP contribution >= 0.6 is 33.3 Å². The molecule has 0 saturated heterocycles. The Morgan fingerprint density at radius 3 is 1.67 bits per heavy atom. The first-order chi connectivity index (χ1) is 2.56. The first kappa shape index (κ1) is 7.32. The first-order valence-corrected chi connectivity index (χ1v) is 4.79. The molecule has 38 valence electrons.